The van der Waals surface area contributed by atoms with Crippen molar-refractivity contribution in [3.63, 3.8) is 0 Å². The van der Waals surface area contributed by atoms with Gasteiger partial charge in [-0.25, -0.2) is 4.39 Å². The van der Waals surface area contributed by atoms with Crippen LogP contribution in [0.15, 0.2) is 10.5 Å². The summed E-state index contributed by atoms with van der Waals surface area (Å²) in [7, 11) is 0. The summed E-state index contributed by atoms with van der Waals surface area (Å²) in [5, 5.41) is 27.3. The van der Waals surface area contributed by atoms with Gasteiger partial charge >= 0.3 is 0 Å². The highest BCUT2D eigenvalue weighted by Gasteiger charge is 2.19. The summed E-state index contributed by atoms with van der Waals surface area (Å²) in [6.45, 7) is 1.37. The van der Waals surface area contributed by atoms with Crippen LogP contribution in [0.3, 0.4) is 0 Å². The minimum absolute atomic E-state index is 0.0801. The summed E-state index contributed by atoms with van der Waals surface area (Å²) < 4.78 is 13.4. The summed E-state index contributed by atoms with van der Waals surface area (Å²) >= 11 is 2.96. The molecule has 0 aliphatic rings. The van der Waals surface area contributed by atoms with E-state index in [1.165, 1.54) is 0 Å². The first-order chi connectivity index (χ1) is 6.49. The van der Waals surface area contributed by atoms with Crippen molar-refractivity contribution in [2.24, 2.45) is 0 Å². The van der Waals surface area contributed by atoms with E-state index in [4.69, 9.17) is 10.2 Å². The minimum Gasteiger partial charge on any atom is -0.504 e. The van der Waals surface area contributed by atoms with Crippen molar-refractivity contribution in [1.29, 1.82) is 0 Å². The molecule has 0 saturated carbocycles. The van der Waals surface area contributed by atoms with Gasteiger partial charge in [-0.2, -0.15) is 0 Å². The van der Waals surface area contributed by atoms with Gasteiger partial charge in [-0.1, -0.05) is 6.92 Å². The molecule has 1 unspecified atom stereocenters. The maximum absolute atomic E-state index is 13.3. The molecule has 0 saturated heterocycles. The summed E-state index contributed by atoms with van der Waals surface area (Å²) in [5.74, 6) is -2.05. The van der Waals surface area contributed by atoms with Crippen LogP contribution in [-0.4, -0.2) is 21.9 Å². The zero-order chi connectivity index (χ0) is 10.9. The molecule has 5 heteroatoms. The number of phenols is 2. The molecule has 1 aromatic rings. The third-order valence-corrected chi connectivity index (χ3v) is 2.78. The number of rotatable bonds is 2. The standard InChI is InChI=1S/C9H10BrFO3/c1-4(3-12)7-5(11)2-6(13)9(14)8(7)10/h2,4,12-14H,3H2,1H3. The molecule has 0 bridgehead atoms. The summed E-state index contributed by atoms with van der Waals surface area (Å²) in [5.41, 5.74) is 0.155. The van der Waals surface area contributed by atoms with Crippen molar-refractivity contribution < 1.29 is 19.7 Å². The van der Waals surface area contributed by atoms with Crippen molar-refractivity contribution in [3.05, 3.63) is 21.9 Å². The first-order valence-electron chi connectivity index (χ1n) is 3.99. The molecule has 1 aromatic carbocycles. The van der Waals surface area contributed by atoms with Crippen LogP contribution >= 0.6 is 15.9 Å². The molecule has 0 radical (unpaired) electrons. The van der Waals surface area contributed by atoms with Crippen molar-refractivity contribution in [3.8, 4) is 11.5 Å². The predicted octanol–water partition coefficient (Wildman–Crippen LogP) is 2.10. The number of benzene rings is 1. The highest BCUT2D eigenvalue weighted by molar-refractivity contribution is 9.10. The molecule has 0 spiro atoms. The summed E-state index contributed by atoms with van der Waals surface area (Å²) in [6.07, 6.45) is 0. The van der Waals surface area contributed by atoms with Crippen molar-refractivity contribution in [2.45, 2.75) is 12.8 Å². The van der Waals surface area contributed by atoms with Crippen LogP contribution in [0, 0.1) is 5.82 Å². The SMILES string of the molecule is CC(CO)c1c(F)cc(O)c(O)c1Br. The number of hydrogen-bond donors (Lipinski definition) is 3. The van der Waals surface area contributed by atoms with E-state index < -0.39 is 23.2 Å². The third kappa shape index (κ3) is 1.83. The molecule has 0 fully saturated rings. The van der Waals surface area contributed by atoms with Gasteiger partial charge in [0.05, 0.1) is 4.47 Å². The lowest BCUT2D eigenvalue weighted by molar-refractivity contribution is 0.269. The van der Waals surface area contributed by atoms with E-state index in [0.717, 1.165) is 6.07 Å². The van der Waals surface area contributed by atoms with Crippen LogP contribution in [-0.2, 0) is 0 Å². The second-order valence-corrected chi connectivity index (χ2v) is 3.83. The molecule has 14 heavy (non-hydrogen) atoms. The van der Waals surface area contributed by atoms with Crippen LogP contribution in [0.4, 0.5) is 4.39 Å². The van der Waals surface area contributed by atoms with E-state index in [9.17, 15) is 9.50 Å². The van der Waals surface area contributed by atoms with Crippen LogP contribution in [0.5, 0.6) is 11.5 Å². The van der Waals surface area contributed by atoms with Crippen molar-refractivity contribution in [2.75, 3.05) is 6.61 Å². The highest BCUT2D eigenvalue weighted by atomic mass is 79.9. The number of aliphatic hydroxyl groups excluding tert-OH is 1. The van der Waals surface area contributed by atoms with E-state index in [2.05, 4.69) is 15.9 Å². The number of halogens is 2. The Balaban J connectivity index is 3.36. The second kappa shape index (κ2) is 4.14. The van der Waals surface area contributed by atoms with E-state index in [-0.39, 0.29) is 16.6 Å². The predicted molar refractivity (Wildman–Crippen MR) is 52.9 cm³/mol. The van der Waals surface area contributed by atoms with Gasteiger partial charge in [-0.05, 0) is 15.9 Å². The fraction of sp³-hybridized carbons (Fsp3) is 0.333. The Labute approximate surface area is 88.9 Å². The number of phenolic OH excluding ortho intramolecular Hbond substituents is 2. The molecule has 78 valence electrons. The molecule has 0 aliphatic carbocycles. The Kier molecular flexibility index (Phi) is 3.34. The molecule has 0 heterocycles. The number of hydrogen-bond acceptors (Lipinski definition) is 3. The quantitative estimate of drug-likeness (QED) is 0.717. The lowest BCUT2D eigenvalue weighted by Crippen LogP contribution is -2.03. The van der Waals surface area contributed by atoms with Gasteiger partial charge in [-0.15, -0.1) is 0 Å². The van der Waals surface area contributed by atoms with Crippen molar-refractivity contribution in [1.82, 2.24) is 0 Å². The maximum Gasteiger partial charge on any atom is 0.172 e. The third-order valence-electron chi connectivity index (χ3n) is 1.97. The van der Waals surface area contributed by atoms with E-state index in [0.29, 0.717) is 0 Å². The maximum atomic E-state index is 13.3. The Morgan fingerprint density at radius 2 is 2.07 bits per heavy atom. The molecule has 1 atom stereocenters. The molecule has 0 amide bonds. The van der Waals surface area contributed by atoms with E-state index >= 15 is 0 Å². The highest BCUT2D eigenvalue weighted by Crippen LogP contribution is 2.40. The second-order valence-electron chi connectivity index (χ2n) is 3.04. The largest absolute Gasteiger partial charge is 0.504 e. The van der Waals surface area contributed by atoms with E-state index in [1.54, 1.807) is 6.92 Å². The topological polar surface area (TPSA) is 60.7 Å². The van der Waals surface area contributed by atoms with Crippen LogP contribution in [0.2, 0.25) is 0 Å². The molecular formula is C9H10BrFO3. The van der Waals surface area contributed by atoms with Gasteiger partial charge in [0.2, 0.25) is 0 Å². The fourth-order valence-corrected chi connectivity index (χ4v) is 1.94. The zero-order valence-electron chi connectivity index (χ0n) is 7.46. The normalized spacial score (nSPS) is 12.9. The molecular weight excluding hydrogens is 255 g/mol. The molecule has 0 aliphatic heterocycles. The van der Waals surface area contributed by atoms with Gasteiger partial charge in [0.15, 0.2) is 11.5 Å². The smallest absolute Gasteiger partial charge is 0.172 e. The first-order valence-corrected chi connectivity index (χ1v) is 4.79. The van der Waals surface area contributed by atoms with Crippen molar-refractivity contribution >= 4 is 15.9 Å². The van der Waals surface area contributed by atoms with Crippen LogP contribution in [0.1, 0.15) is 18.4 Å². The monoisotopic (exact) mass is 264 g/mol. The van der Waals surface area contributed by atoms with Gasteiger partial charge in [0.25, 0.3) is 0 Å². The molecule has 1 rings (SSSR count). The van der Waals surface area contributed by atoms with Gasteiger partial charge in [0, 0.05) is 24.2 Å². The fourth-order valence-electron chi connectivity index (χ4n) is 1.15. The Hall–Kier alpha value is -0.810. The average molecular weight is 265 g/mol. The molecule has 3 N–H and O–H groups in total. The Morgan fingerprint density at radius 1 is 1.50 bits per heavy atom. The lowest BCUT2D eigenvalue weighted by Gasteiger charge is -2.13. The summed E-state index contributed by atoms with van der Waals surface area (Å²) in [4.78, 5) is 0. The van der Waals surface area contributed by atoms with Gasteiger partial charge < -0.3 is 15.3 Å². The molecule has 3 nitrogen and oxygen atoms in total. The summed E-state index contributed by atoms with van der Waals surface area (Å²) in [6, 6.07) is 0.821. The van der Waals surface area contributed by atoms with Crippen LogP contribution in [0.25, 0.3) is 0 Å². The number of aliphatic hydroxyl groups is 1. The minimum atomic E-state index is -0.659. The first kappa shape index (κ1) is 11.3. The zero-order valence-corrected chi connectivity index (χ0v) is 9.05. The Morgan fingerprint density at radius 3 is 2.57 bits per heavy atom. The number of aromatic hydroxyl groups is 2. The van der Waals surface area contributed by atoms with E-state index in [1.807, 2.05) is 0 Å². The van der Waals surface area contributed by atoms with Gasteiger partial charge in [-0.3, -0.25) is 0 Å². The van der Waals surface area contributed by atoms with Crippen LogP contribution < -0.4 is 0 Å². The Bertz CT molecular complexity index is 354. The molecule has 0 aromatic heterocycles. The lowest BCUT2D eigenvalue weighted by atomic mass is 10.0. The average Bonchev–Trinajstić information content (AvgIpc) is 2.14. The van der Waals surface area contributed by atoms with Gasteiger partial charge in [0.1, 0.15) is 5.82 Å².